The van der Waals surface area contributed by atoms with E-state index in [0.29, 0.717) is 17.0 Å². The van der Waals surface area contributed by atoms with E-state index in [9.17, 15) is 22.8 Å². The third-order valence-electron chi connectivity index (χ3n) is 2.07. The molecule has 7 heteroatoms. The van der Waals surface area contributed by atoms with Gasteiger partial charge in [0, 0.05) is 12.1 Å². The number of imide groups is 1. The Hall–Kier alpha value is -2.05. The van der Waals surface area contributed by atoms with Crippen LogP contribution in [0, 0.1) is 17.5 Å². The fourth-order valence-electron chi connectivity index (χ4n) is 1.36. The molecule has 1 aliphatic rings. The SMILES string of the molecule is O=C1CNC(=O)N1c1cc(F)c(F)c(F)c1. The number of carbonyl (C=O) groups is 2. The van der Waals surface area contributed by atoms with E-state index in [4.69, 9.17) is 0 Å². The van der Waals surface area contributed by atoms with E-state index in [1.165, 1.54) is 0 Å². The molecule has 3 amide bonds. The molecule has 0 aromatic heterocycles. The van der Waals surface area contributed by atoms with E-state index < -0.39 is 29.4 Å². The number of carbonyl (C=O) groups excluding carboxylic acids is 2. The van der Waals surface area contributed by atoms with Crippen molar-refractivity contribution in [3.8, 4) is 0 Å². The zero-order valence-corrected chi connectivity index (χ0v) is 7.76. The first-order chi connectivity index (χ1) is 7.50. The summed E-state index contributed by atoms with van der Waals surface area (Å²) in [5.41, 5.74) is -0.337. The number of urea groups is 1. The molecular formula is C9H5F3N2O2. The van der Waals surface area contributed by atoms with E-state index in [1.807, 2.05) is 0 Å². The van der Waals surface area contributed by atoms with Gasteiger partial charge in [0.2, 0.25) is 0 Å². The van der Waals surface area contributed by atoms with Crippen LogP contribution in [0.1, 0.15) is 0 Å². The number of hydrogen-bond donors (Lipinski definition) is 1. The topological polar surface area (TPSA) is 49.4 Å². The second kappa shape index (κ2) is 3.51. The zero-order valence-electron chi connectivity index (χ0n) is 7.76. The van der Waals surface area contributed by atoms with Gasteiger partial charge in [0.1, 0.15) is 0 Å². The molecule has 1 aromatic rings. The lowest BCUT2D eigenvalue weighted by atomic mass is 10.2. The van der Waals surface area contributed by atoms with Crippen molar-refractivity contribution >= 4 is 17.6 Å². The minimum absolute atomic E-state index is 0.251. The van der Waals surface area contributed by atoms with Crippen LogP contribution in [0.15, 0.2) is 12.1 Å². The van der Waals surface area contributed by atoms with Crippen molar-refractivity contribution in [3.63, 3.8) is 0 Å². The third kappa shape index (κ3) is 1.50. The minimum Gasteiger partial charge on any atom is -0.328 e. The molecule has 16 heavy (non-hydrogen) atoms. The van der Waals surface area contributed by atoms with Gasteiger partial charge in [-0.05, 0) is 0 Å². The van der Waals surface area contributed by atoms with Gasteiger partial charge in [-0.1, -0.05) is 0 Å². The molecule has 2 rings (SSSR count). The van der Waals surface area contributed by atoms with Crippen molar-refractivity contribution in [2.45, 2.75) is 0 Å². The summed E-state index contributed by atoms with van der Waals surface area (Å²) in [6, 6.07) is 0.373. The fraction of sp³-hybridized carbons (Fsp3) is 0.111. The Balaban J connectivity index is 2.48. The fourth-order valence-corrected chi connectivity index (χ4v) is 1.36. The number of amides is 3. The van der Waals surface area contributed by atoms with Crippen LogP contribution in [0.3, 0.4) is 0 Å². The molecular weight excluding hydrogens is 225 g/mol. The van der Waals surface area contributed by atoms with Crippen molar-refractivity contribution in [3.05, 3.63) is 29.6 Å². The summed E-state index contributed by atoms with van der Waals surface area (Å²) in [5.74, 6) is -5.21. The molecule has 84 valence electrons. The first-order valence-corrected chi connectivity index (χ1v) is 4.26. The van der Waals surface area contributed by atoms with Crippen molar-refractivity contribution < 1.29 is 22.8 Å². The Kier molecular flexibility index (Phi) is 2.30. The maximum absolute atomic E-state index is 12.9. The quantitative estimate of drug-likeness (QED) is 0.581. The monoisotopic (exact) mass is 230 g/mol. The summed E-state index contributed by atoms with van der Waals surface area (Å²) in [6.45, 7) is -0.251. The van der Waals surface area contributed by atoms with Crippen molar-refractivity contribution in [1.29, 1.82) is 0 Å². The van der Waals surface area contributed by atoms with Gasteiger partial charge < -0.3 is 5.32 Å². The van der Waals surface area contributed by atoms with Crippen LogP contribution in [0.2, 0.25) is 0 Å². The molecule has 1 heterocycles. The molecule has 1 N–H and O–H groups in total. The van der Waals surface area contributed by atoms with Crippen LogP contribution in [-0.2, 0) is 4.79 Å². The number of hydrogen-bond acceptors (Lipinski definition) is 2. The molecule has 1 aromatic carbocycles. The van der Waals surface area contributed by atoms with Gasteiger partial charge in [-0.25, -0.2) is 22.9 Å². The lowest BCUT2D eigenvalue weighted by Crippen LogP contribution is -2.30. The van der Waals surface area contributed by atoms with E-state index in [0.717, 1.165) is 0 Å². The van der Waals surface area contributed by atoms with Crippen LogP contribution in [-0.4, -0.2) is 18.5 Å². The summed E-state index contributed by atoms with van der Waals surface area (Å²) in [6.07, 6.45) is 0. The lowest BCUT2D eigenvalue weighted by molar-refractivity contribution is -0.115. The van der Waals surface area contributed by atoms with E-state index in [2.05, 4.69) is 5.32 Å². The minimum atomic E-state index is -1.64. The molecule has 0 aliphatic carbocycles. The summed E-state index contributed by atoms with van der Waals surface area (Å²) < 4.78 is 38.4. The normalized spacial score (nSPS) is 15.6. The Morgan fingerprint density at radius 3 is 2.12 bits per heavy atom. The highest BCUT2D eigenvalue weighted by atomic mass is 19.2. The second-order valence-corrected chi connectivity index (χ2v) is 3.11. The van der Waals surface area contributed by atoms with Gasteiger partial charge in [0.25, 0.3) is 5.91 Å². The summed E-state index contributed by atoms with van der Waals surface area (Å²) >= 11 is 0. The molecule has 0 atom stereocenters. The largest absolute Gasteiger partial charge is 0.329 e. The first-order valence-electron chi connectivity index (χ1n) is 4.26. The highest BCUT2D eigenvalue weighted by Gasteiger charge is 2.31. The Morgan fingerprint density at radius 1 is 1.12 bits per heavy atom. The smallest absolute Gasteiger partial charge is 0.328 e. The van der Waals surface area contributed by atoms with Crippen LogP contribution in [0.25, 0.3) is 0 Å². The number of nitrogens with zero attached hydrogens (tertiary/aromatic N) is 1. The van der Waals surface area contributed by atoms with Crippen LogP contribution in [0.5, 0.6) is 0 Å². The lowest BCUT2D eigenvalue weighted by Gasteiger charge is -2.12. The zero-order chi connectivity index (χ0) is 11.9. The van der Waals surface area contributed by atoms with Gasteiger partial charge in [0.05, 0.1) is 12.2 Å². The summed E-state index contributed by atoms with van der Waals surface area (Å²) in [7, 11) is 0. The van der Waals surface area contributed by atoms with Crippen molar-refractivity contribution in [2.75, 3.05) is 11.4 Å². The number of nitrogens with one attached hydrogen (secondary N) is 1. The Bertz CT molecular complexity index is 451. The summed E-state index contributed by atoms with van der Waals surface area (Å²) in [5, 5.41) is 2.17. The van der Waals surface area contributed by atoms with Gasteiger partial charge in [-0.2, -0.15) is 0 Å². The molecule has 0 spiro atoms. The molecule has 0 unspecified atom stereocenters. The van der Waals surface area contributed by atoms with Crippen LogP contribution < -0.4 is 10.2 Å². The van der Waals surface area contributed by atoms with Crippen molar-refractivity contribution in [1.82, 2.24) is 5.32 Å². The standard InChI is InChI=1S/C9H5F3N2O2/c10-5-1-4(2-6(11)8(5)12)14-7(15)3-13-9(14)16/h1-2H,3H2,(H,13,16). The molecule has 1 aliphatic heterocycles. The van der Waals surface area contributed by atoms with Crippen LogP contribution >= 0.6 is 0 Å². The van der Waals surface area contributed by atoms with E-state index in [1.54, 1.807) is 0 Å². The number of anilines is 1. The number of rotatable bonds is 1. The molecule has 0 radical (unpaired) electrons. The second-order valence-electron chi connectivity index (χ2n) is 3.11. The van der Waals surface area contributed by atoms with Gasteiger partial charge in [-0.3, -0.25) is 4.79 Å². The third-order valence-corrected chi connectivity index (χ3v) is 2.07. The number of benzene rings is 1. The maximum atomic E-state index is 12.9. The molecule has 4 nitrogen and oxygen atoms in total. The predicted molar refractivity (Wildman–Crippen MR) is 47.2 cm³/mol. The average Bonchev–Trinajstić information content (AvgIpc) is 2.54. The number of halogens is 3. The van der Waals surface area contributed by atoms with Gasteiger partial charge in [0.15, 0.2) is 17.5 Å². The van der Waals surface area contributed by atoms with Crippen molar-refractivity contribution in [2.24, 2.45) is 0 Å². The Morgan fingerprint density at radius 2 is 1.69 bits per heavy atom. The highest BCUT2D eigenvalue weighted by Crippen LogP contribution is 2.22. The van der Waals surface area contributed by atoms with Gasteiger partial charge >= 0.3 is 6.03 Å². The van der Waals surface area contributed by atoms with Gasteiger partial charge in [-0.15, -0.1) is 0 Å². The first kappa shape index (κ1) is 10.5. The van der Waals surface area contributed by atoms with Crippen LogP contribution in [0.4, 0.5) is 23.7 Å². The predicted octanol–water partition coefficient (Wildman–Crippen LogP) is 1.16. The molecule has 0 bridgehead atoms. The molecule has 1 saturated heterocycles. The Labute approximate surface area is 87.6 Å². The highest BCUT2D eigenvalue weighted by molar-refractivity contribution is 6.19. The average molecular weight is 230 g/mol. The maximum Gasteiger partial charge on any atom is 0.329 e. The molecule has 0 saturated carbocycles. The van der Waals surface area contributed by atoms with E-state index in [-0.39, 0.29) is 12.2 Å². The molecule has 1 fully saturated rings. The van der Waals surface area contributed by atoms with E-state index >= 15 is 0 Å². The summed E-state index contributed by atoms with van der Waals surface area (Å²) in [4.78, 5) is 22.9.